The maximum Gasteiger partial charge on any atom is 0.266 e. The first-order chi connectivity index (χ1) is 6.89. The van der Waals surface area contributed by atoms with Gasteiger partial charge in [0.15, 0.2) is 0 Å². The summed E-state index contributed by atoms with van der Waals surface area (Å²) in [4.78, 5) is 30.2. The Morgan fingerprint density at radius 3 is 2.80 bits per heavy atom. The molecule has 2 aliphatic rings. The van der Waals surface area contributed by atoms with Crippen LogP contribution in [-0.2, 0) is 14.4 Å². The normalized spacial score (nSPS) is 30.3. The van der Waals surface area contributed by atoms with Gasteiger partial charge in [-0.05, 0) is 0 Å². The van der Waals surface area contributed by atoms with E-state index in [0.29, 0.717) is 13.0 Å². The molecule has 0 saturated carbocycles. The molecule has 2 heterocycles. The van der Waals surface area contributed by atoms with Crippen molar-refractivity contribution in [2.24, 2.45) is 5.41 Å². The highest BCUT2D eigenvalue weighted by Crippen LogP contribution is 2.28. The van der Waals surface area contributed by atoms with Crippen molar-refractivity contribution < 1.29 is 14.4 Å². The van der Waals surface area contributed by atoms with Gasteiger partial charge in [-0.2, -0.15) is 0 Å². The van der Waals surface area contributed by atoms with E-state index in [1.807, 2.05) is 20.8 Å². The number of rotatable bonds is 0. The zero-order chi connectivity index (χ0) is 11.2. The van der Waals surface area contributed by atoms with E-state index in [-0.39, 0.29) is 24.0 Å². The highest BCUT2D eigenvalue weighted by molar-refractivity contribution is 5.90. The number of carbonyl (C=O) groups excluding carboxylic acids is 2. The fourth-order valence-corrected chi connectivity index (χ4v) is 2.00. The van der Waals surface area contributed by atoms with Crippen LogP contribution in [0.15, 0.2) is 0 Å². The standard InChI is InChI=1S/C10H16N2O3/c1-10(2,3)9(14)12-5-6-4-7(12)8(13)11-15-6/h6-7H,4-5H2,1-3H3,(H,11,13). The first-order valence-electron chi connectivity index (χ1n) is 5.16. The number of hydroxylamine groups is 1. The predicted octanol–water partition coefficient (Wildman–Crippen LogP) is 0.0634. The van der Waals surface area contributed by atoms with Crippen LogP contribution in [0, 0.1) is 5.41 Å². The zero-order valence-electron chi connectivity index (χ0n) is 9.24. The van der Waals surface area contributed by atoms with Crippen molar-refractivity contribution in [3.05, 3.63) is 0 Å². The molecule has 2 atom stereocenters. The molecule has 84 valence electrons. The molecule has 2 fully saturated rings. The molecular weight excluding hydrogens is 196 g/mol. The topological polar surface area (TPSA) is 58.6 Å². The highest BCUT2D eigenvalue weighted by atomic mass is 16.7. The largest absolute Gasteiger partial charge is 0.327 e. The third-order valence-electron chi connectivity index (χ3n) is 2.79. The molecule has 0 spiro atoms. The molecule has 1 N–H and O–H groups in total. The molecule has 2 aliphatic heterocycles. The van der Waals surface area contributed by atoms with E-state index in [2.05, 4.69) is 5.48 Å². The minimum atomic E-state index is -0.447. The van der Waals surface area contributed by atoms with Gasteiger partial charge in [0.2, 0.25) is 5.91 Å². The first-order valence-corrected chi connectivity index (χ1v) is 5.16. The van der Waals surface area contributed by atoms with E-state index in [4.69, 9.17) is 4.84 Å². The van der Waals surface area contributed by atoms with Gasteiger partial charge in [-0.15, -0.1) is 0 Å². The van der Waals surface area contributed by atoms with E-state index in [9.17, 15) is 9.59 Å². The number of likely N-dealkylation sites (tertiary alicyclic amines) is 1. The van der Waals surface area contributed by atoms with Crippen molar-refractivity contribution in [1.29, 1.82) is 0 Å². The van der Waals surface area contributed by atoms with Crippen LogP contribution in [0.25, 0.3) is 0 Å². The summed E-state index contributed by atoms with van der Waals surface area (Å²) in [6.45, 7) is 6.09. The van der Waals surface area contributed by atoms with Crippen molar-refractivity contribution in [1.82, 2.24) is 10.4 Å². The molecule has 2 bridgehead atoms. The van der Waals surface area contributed by atoms with Crippen molar-refractivity contribution >= 4 is 11.8 Å². The van der Waals surface area contributed by atoms with Gasteiger partial charge in [0.25, 0.3) is 5.91 Å². The van der Waals surface area contributed by atoms with Gasteiger partial charge in [0.1, 0.15) is 12.1 Å². The molecule has 0 aliphatic carbocycles. The molecule has 0 aromatic carbocycles. The quantitative estimate of drug-likeness (QED) is 0.618. The molecule has 0 aromatic heterocycles. The second-order valence-electron chi connectivity index (χ2n) is 5.17. The summed E-state index contributed by atoms with van der Waals surface area (Å²) in [5.74, 6) is -0.197. The van der Waals surface area contributed by atoms with Gasteiger partial charge in [0.05, 0.1) is 6.54 Å². The Labute approximate surface area is 88.7 Å². The summed E-state index contributed by atoms with van der Waals surface area (Å²) in [6, 6.07) is -0.338. The van der Waals surface area contributed by atoms with Crippen LogP contribution in [0.1, 0.15) is 27.2 Å². The van der Waals surface area contributed by atoms with Crippen LogP contribution in [0.3, 0.4) is 0 Å². The molecule has 5 nitrogen and oxygen atoms in total. The van der Waals surface area contributed by atoms with E-state index in [1.54, 1.807) is 4.90 Å². The number of nitrogens with zero attached hydrogens (tertiary/aromatic N) is 1. The lowest BCUT2D eigenvalue weighted by Crippen LogP contribution is -2.49. The summed E-state index contributed by atoms with van der Waals surface area (Å²) in [5.41, 5.74) is 1.90. The van der Waals surface area contributed by atoms with E-state index in [0.717, 1.165) is 0 Å². The number of hydrogen-bond donors (Lipinski definition) is 1. The molecule has 2 saturated heterocycles. The van der Waals surface area contributed by atoms with Crippen LogP contribution in [0.2, 0.25) is 0 Å². The fraction of sp³-hybridized carbons (Fsp3) is 0.800. The van der Waals surface area contributed by atoms with Gasteiger partial charge in [-0.3, -0.25) is 14.4 Å². The van der Waals surface area contributed by atoms with Gasteiger partial charge in [0, 0.05) is 11.8 Å². The van der Waals surface area contributed by atoms with E-state index >= 15 is 0 Å². The molecule has 0 aromatic rings. The lowest BCUT2D eigenvalue weighted by atomic mass is 9.94. The van der Waals surface area contributed by atoms with Crippen molar-refractivity contribution in [3.8, 4) is 0 Å². The Morgan fingerprint density at radius 2 is 2.20 bits per heavy atom. The average molecular weight is 212 g/mol. The van der Waals surface area contributed by atoms with Crippen molar-refractivity contribution in [2.75, 3.05) is 6.54 Å². The van der Waals surface area contributed by atoms with Crippen LogP contribution >= 0.6 is 0 Å². The van der Waals surface area contributed by atoms with Crippen molar-refractivity contribution in [3.63, 3.8) is 0 Å². The Kier molecular flexibility index (Phi) is 2.22. The van der Waals surface area contributed by atoms with E-state index < -0.39 is 5.41 Å². The second kappa shape index (κ2) is 3.20. The minimum Gasteiger partial charge on any atom is -0.327 e. The van der Waals surface area contributed by atoms with Gasteiger partial charge in [-0.25, -0.2) is 5.48 Å². The lowest BCUT2D eigenvalue weighted by molar-refractivity contribution is -0.150. The molecular formula is C10H16N2O3. The maximum atomic E-state index is 12.0. The summed E-state index contributed by atoms with van der Waals surface area (Å²) < 4.78 is 0. The molecule has 2 rings (SSSR count). The number of amides is 2. The van der Waals surface area contributed by atoms with Crippen molar-refractivity contribution in [2.45, 2.75) is 39.3 Å². The number of nitrogens with one attached hydrogen (secondary N) is 1. The number of fused-ring (bicyclic) bond motifs is 2. The fourth-order valence-electron chi connectivity index (χ4n) is 2.00. The summed E-state index contributed by atoms with van der Waals surface area (Å²) in [7, 11) is 0. The first kappa shape index (κ1) is 10.4. The molecule has 2 amide bonds. The Balaban J connectivity index is 2.18. The van der Waals surface area contributed by atoms with Crippen LogP contribution in [0.4, 0.5) is 0 Å². The van der Waals surface area contributed by atoms with Gasteiger partial charge in [-0.1, -0.05) is 20.8 Å². The number of hydrogen-bond acceptors (Lipinski definition) is 3. The Bertz CT molecular complexity index is 308. The second-order valence-corrected chi connectivity index (χ2v) is 5.17. The van der Waals surface area contributed by atoms with Gasteiger partial charge >= 0.3 is 0 Å². The molecule has 0 radical (unpaired) electrons. The number of carbonyl (C=O) groups is 2. The smallest absolute Gasteiger partial charge is 0.266 e. The maximum absolute atomic E-state index is 12.0. The highest BCUT2D eigenvalue weighted by Gasteiger charge is 2.46. The monoisotopic (exact) mass is 212 g/mol. The molecule has 5 heteroatoms. The Morgan fingerprint density at radius 1 is 1.53 bits per heavy atom. The summed E-state index contributed by atoms with van der Waals surface area (Å²) in [6.07, 6.45) is 0.576. The Hall–Kier alpha value is -1.10. The zero-order valence-corrected chi connectivity index (χ0v) is 9.24. The average Bonchev–Trinajstić information content (AvgIpc) is 2.49. The van der Waals surface area contributed by atoms with Crippen LogP contribution in [0.5, 0.6) is 0 Å². The minimum absolute atomic E-state index is 0.00986. The molecule has 2 unspecified atom stereocenters. The van der Waals surface area contributed by atoms with Crippen LogP contribution in [-0.4, -0.2) is 35.4 Å². The predicted molar refractivity (Wildman–Crippen MR) is 52.6 cm³/mol. The lowest BCUT2D eigenvalue weighted by Gasteiger charge is -2.29. The van der Waals surface area contributed by atoms with E-state index in [1.165, 1.54) is 0 Å². The SMILES string of the molecule is CC(C)(C)C(=O)N1CC2CC1C(=O)NO2. The summed E-state index contributed by atoms with van der Waals surface area (Å²) in [5, 5.41) is 0. The third kappa shape index (κ3) is 1.71. The van der Waals surface area contributed by atoms with Crippen LogP contribution < -0.4 is 5.48 Å². The summed E-state index contributed by atoms with van der Waals surface area (Å²) >= 11 is 0. The van der Waals surface area contributed by atoms with Gasteiger partial charge < -0.3 is 4.90 Å². The third-order valence-corrected chi connectivity index (χ3v) is 2.79. The molecule has 15 heavy (non-hydrogen) atoms.